The van der Waals surface area contributed by atoms with Crippen molar-refractivity contribution in [2.45, 2.75) is 32.2 Å². The Bertz CT molecular complexity index is 447. The number of urea groups is 1. The highest BCUT2D eigenvalue weighted by atomic mass is 16.2. The molecule has 4 amide bonds. The number of hydrogen-bond acceptors (Lipinski definition) is 3. The van der Waals surface area contributed by atoms with E-state index in [0.29, 0.717) is 19.5 Å². The third-order valence-corrected chi connectivity index (χ3v) is 3.27. The van der Waals surface area contributed by atoms with Crippen LogP contribution < -0.4 is 5.32 Å². The van der Waals surface area contributed by atoms with Crippen molar-refractivity contribution in [1.29, 1.82) is 0 Å². The fraction of sp³-hybridized carbons (Fsp3) is 0.533. The summed E-state index contributed by atoms with van der Waals surface area (Å²) >= 11 is 0. The lowest BCUT2D eigenvalue weighted by Crippen LogP contribution is -2.40. The van der Waals surface area contributed by atoms with E-state index in [-0.39, 0.29) is 24.8 Å². The molecule has 6 heteroatoms. The second kappa shape index (κ2) is 7.06. The Balaban J connectivity index is 2.47. The van der Waals surface area contributed by atoms with Gasteiger partial charge in [0, 0.05) is 26.1 Å². The van der Waals surface area contributed by atoms with Crippen LogP contribution in [-0.2, 0) is 9.59 Å². The first-order valence-corrected chi connectivity index (χ1v) is 6.97. The van der Waals surface area contributed by atoms with Crippen molar-refractivity contribution >= 4 is 17.8 Å². The Kier molecular flexibility index (Phi) is 5.69. The summed E-state index contributed by atoms with van der Waals surface area (Å²) in [5.74, 6) is -0.296. The van der Waals surface area contributed by atoms with Crippen LogP contribution in [0.5, 0.6) is 0 Å². The highest BCUT2D eigenvalue weighted by Crippen LogP contribution is 2.17. The van der Waals surface area contributed by atoms with Gasteiger partial charge in [0.2, 0.25) is 5.91 Å². The van der Waals surface area contributed by atoms with Crippen LogP contribution >= 0.6 is 0 Å². The molecule has 21 heavy (non-hydrogen) atoms. The second-order valence-electron chi connectivity index (χ2n) is 5.49. The van der Waals surface area contributed by atoms with Gasteiger partial charge in [0.05, 0.1) is 0 Å². The van der Waals surface area contributed by atoms with E-state index < -0.39 is 11.6 Å². The lowest BCUT2D eigenvalue weighted by Gasteiger charge is -2.20. The van der Waals surface area contributed by atoms with Crippen LogP contribution in [-0.4, -0.2) is 52.8 Å². The zero-order valence-corrected chi connectivity index (χ0v) is 12.7. The summed E-state index contributed by atoms with van der Waals surface area (Å²) in [6, 6.07) is -0.397. The molecule has 1 fully saturated rings. The Hall–Kier alpha value is -2.11. The number of hydrogen-bond donors (Lipinski definition) is 1. The second-order valence-corrected chi connectivity index (χ2v) is 5.49. The van der Waals surface area contributed by atoms with Crippen LogP contribution in [0.3, 0.4) is 0 Å². The predicted octanol–water partition coefficient (Wildman–Crippen LogP) is 1.30. The molecule has 0 saturated carbocycles. The molecule has 0 unspecified atom stereocenters. The minimum Gasteiger partial charge on any atom is -0.335 e. The summed E-state index contributed by atoms with van der Waals surface area (Å²) in [6.45, 7) is 11.7. The SMILES string of the molecule is C=CCN(CC=C)C(=O)CCCN1C(=O)NC(C)(C)C1=O. The van der Waals surface area contributed by atoms with Crippen LogP contribution in [0.1, 0.15) is 26.7 Å². The molecule has 116 valence electrons. The van der Waals surface area contributed by atoms with Crippen molar-refractivity contribution < 1.29 is 14.4 Å². The topological polar surface area (TPSA) is 69.7 Å². The third kappa shape index (κ3) is 4.18. The Morgan fingerprint density at radius 3 is 2.29 bits per heavy atom. The average molecular weight is 293 g/mol. The summed E-state index contributed by atoms with van der Waals surface area (Å²) in [4.78, 5) is 38.5. The van der Waals surface area contributed by atoms with Crippen molar-refractivity contribution in [3.05, 3.63) is 25.3 Å². The van der Waals surface area contributed by atoms with Gasteiger partial charge in [-0.2, -0.15) is 0 Å². The van der Waals surface area contributed by atoms with E-state index in [2.05, 4.69) is 18.5 Å². The summed E-state index contributed by atoms with van der Waals surface area (Å²) in [5, 5.41) is 2.61. The van der Waals surface area contributed by atoms with Crippen molar-refractivity contribution in [3.63, 3.8) is 0 Å². The third-order valence-electron chi connectivity index (χ3n) is 3.27. The first-order chi connectivity index (χ1) is 9.83. The van der Waals surface area contributed by atoms with E-state index in [1.165, 1.54) is 4.90 Å². The molecular formula is C15H23N3O3. The molecule has 0 aromatic carbocycles. The van der Waals surface area contributed by atoms with Gasteiger partial charge in [-0.15, -0.1) is 13.2 Å². The lowest BCUT2D eigenvalue weighted by atomic mass is 10.1. The van der Waals surface area contributed by atoms with E-state index in [0.717, 1.165) is 0 Å². The minimum atomic E-state index is -0.862. The largest absolute Gasteiger partial charge is 0.335 e. The first kappa shape index (κ1) is 16.9. The van der Waals surface area contributed by atoms with Crippen molar-refractivity contribution in [3.8, 4) is 0 Å². The molecule has 1 rings (SSSR count). The number of carbonyl (C=O) groups is 3. The molecule has 0 aromatic rings. The van der Waals surface area contributed by atoms with Gasteiger partial charge in [-0.1, -0.05) is 12.2 Å². The molecule has 0 bridgehead atoms. The Morgan fingerprint density at radius 2 is 1.86 bits per heavy atom. The fourth-order valence-electron chi connectivity index (χ4n) is 2.16. The van der Waals surface area contributed by atoms with Crippen LogP contribution in [0.4, 0.5) is 4.79 Å². The van der Waals surface area contributed by atoms with Gasteiger partial charge in [-0.05, 0) is 20.3 Å². The number of amides is 4. The Morgan fingerprint density at radius 1 is 1.29 bits per heavy atom. The fourth-order valence-corrected chi connectivity index (χ4v) is 2.16. The van der Waals surface area contributed by atoms with E-state index in [1.54, 1.807) is 30.9 Å². The number of nitrogens with zero attached hydrogens (tertiary/aromatic N) is 2. The number of imide groups is 1. The maximum Gasteiger partial charge on any atom is 0.325 e. The zero-order valence-electron chi connectivity index (χ0n) is 12.7. The van der Waals surface area contributed by atoms with Crippen LogP contribution in [0.15, 0.2) is 25.3 Å². The van der Waals surface area contributed by atoms with E-state index in [1.807, 2.05) is 0 Å². The quantitative estimate of drug-likeness (QED) is 0.541. The highest BCUT2D eigenvalue weighted by Gasteiger charge is 2.43. The van der Waals surface area contributed by atoms with Crippen LogP contribution in [0, 0.1) is 0 Å². The summed E-state index contributed by atoms with van der Waals surface area (Å²) < 4.78 is 0. The van der Waals surface area contributed by atoms with E-state index in [4.69, 9.17) is 0 Å². The molecule has 1 heterocycles. The minimum absolute atomic E-state index is 0.0406. The van der Waals surface area contributed by atoms with Gasteiger partial charge in [-0.25, -0.2) is 4.79 Å². The van der Waals surface area contributed by atoms with Gasteiger partial charge >= 0.3 is 6.03 Å². The van der Waals surface area contributed by atoms with Crippen LogP contribution in [0.2, 0.25) is 0 Å². The average Bonchev–Trinajstić information content (AvgIpc) is 2.60. The molecule has 0 aliphatic carbocycles. The Labute approximate surface area is 125 Å². The monoisotopic (exact) mass is 293 g/mol. The molecule has 6 nitrogen and oxygen atoms in total. The van der Waals surface area contributed by atoms with Crippen molar-refractivity contribution in [2.24, 2.45) is 0 Å². The molecule has 0 spiro atoms. The molecule has 0 radical (unpaired) electrons. The molecule has 1 aliphatic rings. The summed E-state index contributed by atoms with van der Waals surface area (Å²) in [5.41, 5.74) is -0.862. The predicted molar refractivity (Wildman–Crippen MR) is 80.5 cm³/mol. The van der Waals surface area contributed by atoms with Gasteiger partial charge < -0.3 is 10.2 Å². The lowest BCUT2D eigenvalue weighted by molar-refractivity contribution is -0.132. The zero-order chi connectivity index (χ0) is 16.0. The normalized spacial score (nSPS) is 16.6. The molecule has 1 saturated heterocycles. The van der Waals surface area contributed by atoms with Crippen LogP contribution in [0.25, 0.3) is 0 Å². The summed E-state index contributed by atoms with van der Waals surface area (Å²) in [7, 11) is 0. The molecule has 1 aliphatic heterocycles. The van der Waals surface area contributed by atoms with Crippen molar-refractivity contribution in [2.75, 3.05) is 19.6 Å². The van der Waals surface area contributed by atoms with Gasteiger partial charge in [0.15, 0.2) is 0 Å². The number of carbonyl (C=O) groups excluding carboxylic acids is 3. The molecular weight excluding hydrogens is 270 g/mol. The number of nitrogens with one attached hydrogen (secondary N) is 1. The maximum absolute atomic E-state index is 12.0. The highest BCUT2D eigenvalue weighted by molar-refractivity contribution is 6.06. The summed E-state index contributed by atoms with van der Waals surface area (Å²) in [6.07, 6.45) is 4.03. The standard InChI is InChI=1S/C15H23N3O3/c1-5-9-17(10-6-2)12(19)8-7-11-18-13(20)15(3,4)16-14(18)21/h5-6H,1-2,7-11H2,3-4H3,(H,16,21). The van der Waals surface area contributed by atoms with E-state index >= 15 is 0 Å². The molecule has 1 N–H and O–H groups in total. The number of rotatable bonds is 8. The molecule has 0 aromatic heterocycles. The van der Waals surface area contributed by atoms with Crippen molar-refractivity contribution in [1.82, 2.24) is 15.1 Å². The smallest absolute Gasteiger partial charge is 0.325 e. The van der Waals surface area contributed by atoms with E-state index in [9.17, 15) is 14.4 Å². The maximum atomic E-state index is 12.0. The van der Waals surface area contributed by atoms with Gasteiger partial charge in [0.1, 0.15) is 5.54 Å². The molecule has 0 atom stereocenters. The first-order valence-electron chi connectivity index (χ1n) is 6.97. The van der Waals surface area contributed by atoms with Gasteiger partial charge in [-0.3, -0.25) is 14.5 Å². The van der Waals surface area contributed by atoms with Gasteiger partial charge in [0.25, 0.3) is 5.91 Å².